The van der Waals surface area contributed by atoms with E-state index in [0.717, 1.165) is 88.0 Å². The number of hydrogen-bond acceptors (Lipinski definition) is 4. The summed E-state index contributed by atoms with van der Waals surface area (Å²) >= 11 is 0. The standard InChI is InChI=1S/C45H27N3O/c1-2-8-28(9-3-1)37-13-5-15-40-42(37)39-19-18-31(26-41(39)49-40)33-23-34(25-35(24-33)38-14-4-10-29-11-6-20-46-43(29)38)36-22-32-17-16-30-12-7-21-47-44(30)45(32)48-27-36/h1-27H. The summed E-state index contributed by atoms with van der Waals surface area (Å²) < 4.78 is 6.52. The minimum absolute atomic E-state index is 0.862. The summed E-state index contributed by atoms with van der Waals surface area (Å²) in [5.74, 6) is 0. The largest absolute Gasteiger partial charge is 0.456 e. The maximum atomic E-state index is 6.52. The molecule has 0 aliphatic heterocycles. The number of nitrogens with zero attached hydrogens (tertiary/aromatic N) is 3. The number of hydrogen-bond donors (Lipinski definition) is 0. The van der Waals surface area contributed by atoms with Crippen LogP contribution in [0.3, 0.4) is 0 Å². The van der Waals surface area contributed by atoms with Crippen molar-refractivity contribution in [3.8, 4) is 44.5 Å². The van der Waals surface area contributed by atoms with Crippen LogP contribution in [0.15, 0.2) is 169 Å². The fourth-order valence-electron chi connectivity index (χ4n) is 7.21. The molecule has 0 radical (unpaired) electrons. The molecule has 6 aromatic carbocycles. The number of rotatable bonds is 4. The third-order valence-electron chi connectivity index (χ3n) is 9.55. The van der Waals surface area contributed by atoms with Gasteiger partial charge in [0.05, 0.1) is 16.6 Å². The Kier molecular flexibility index (Phi) is 6.15. The second-order valence-electron chi connectivity index (χ2n) is 12.5. The van der Waals surface area contributed by atoms with Gasteiger partial charge in [-0.05, 0) is 88.0 Å². The van der Waals surface area contributed by atoms with Crippen molar-refractivity contribution < 1.29 is 4.42 Å². The Morgan fingerprint density at radius 3 is 1.94 bits per heavy atom. The first-order chi connectivity index (χ1) is 24.3. The van der Waals surface area contributed by atoms with Gasteiger partial charge in [-0.2, -0.15) is 0 Å². The minimum Gasteiger partial charge on any atom is -0.456 e. The minimum atomic E-state index is 0.862. The maximum Gasteiger partial charge on any atom is 0.136 e. The van der Waals surface area contributed by atoms with Gasteiger partial charge < -0.3 is 4.42 Å². The summed E-state index contributed by atoms with van der Waals surface area (Å²) in [7, 11) is 0. The van der Waals surface area contributed by atoms with Crippen LogP contribution in [-0.4, -0.2) is 15.0 Å². The van der Waals surface area contributed by atoms with Gasteiger partial charge in [0.2, 0.25) is 0 Å². The van der Waals surface area contributed by atoms with Gasteiger partial charge in [0, 0.05) is 56.6 Å². The molecule has 228 valence electrons. The summed E-state index contributed by atoms with van der Waals surface area (Å²) in [6.45, 7) is 0. The van der Waals surface area contributed by atoms with Crippen LogP contribution in [0, 0.1) is 0 Å². The van der Waals surface area contributed by atoms with Gasteiger partial charge in [-0.3, -0.25) is 15.0 Å². The number of furan rings is 1. The van der Waals surface area contributed by atoms with E-state index in [2.05, 4.69) is 132 Å². The Morgan fingerprint density at radius 2 is 1.06 bits per heavy atom. The average molecular weight is 626 g/mol. The lowest BCUT2D eigenvalue weighted by atomic mass is 9.92. The van der Waals surface area contributed by atoms with Gasteiger partial charge in [0.25, 0.3) is 0 Å². The summed E-state index contributed by atoms with van der Waals surface area (Å²) in [6, 6.07) is 51.1. The second kappa shape index (κ2) is 11.0. The van der Waals surface area contributed by atoms with Gasteiger partial charge in [0.15, 0.2) is 0 Å². The maximum absolute atomic E-state index is 6.52. The van der Waals surface area contributed by atoms with Crippen molar-refractivity contribution in [3.05, 3.63) is 164 Å². The van der Waals surface area contributed by atoms with Crippen LogP contribution >= 0.6 is 0 Å². The second-order valence-corrected chi connectivity index (χ2v) is 12.5. The predicted octanol–water partition coefficient (Wildman–Crippen LogP) is 11.9. The quantitative estimate of drug-likeness (QED) is 0.183. The molecule has 0 amide bonds. The van der Waals surface area contributed by atoms with Crippen molar-refractivity contribution >= 4 is 54.6 Å². The number of pyridine rings is 3. The van der Waals surface area contributed by atoms with E-state index in [1.807, 2.05) is 36.8 Å². The zero-order valence-corrected chi connectivity index (χ0v) is 26.3. The summed E-state index contributed by atoms with van der Waals surface area (Å²) in [4.78, 5) is 14.4. The first-order valence-electron chi connectivity index (χ1n) is 16.4. The Balaban J connectivity index is 1.18. The predicted molar refractivity (Wildman–Crippen MR) is 201 cm³/mol. The molecule has 0 saturated heterocycles. The highest BCUT2D eigenvalue weighted by Gasteiger charge is 2.16. The van der Waals surface area contributed by atoms with Crippen molar-refractivity contribution in [2.45, 2.75) is 0 Å². The number of aromatic nitrogens is 3. The van der Waals surface area contributed by atoms with Crippen LogP contribution in [-0.2, 0) is 0 Å². The Morgan fingerprint density at radius 1 is 0.367 bits per heavy atom. The lowest BCUT2D eigenvalue weighted by molar-refractivity contribution is 0.669. The van der Waals surface area contributed by atoms with Crippen LogP contribution in [0.4, 0.5) is 0 Å². The van der Waals surface area contributed by atoms with Crippen molar-refractivity contribution in [2.24, 2.45) is 0 Å². The topological polar surface area (TPSA) is 51.8 Å². The SMILES string of the molecule is c1ccc(-c2cccc3oc4cc(-c5cc(-c6cnc7c(ccc8cccnc87)c6)cc(-c6cccc7cccnc67)c5)ccc4c23)cc1. The Labute approximate surface area is 282 Å². The molecule has 49 heavy (non-hydrogen) atoms. The highest BCUT2D eigenvalue weighted by Crippen LogP contribution is 2.40. The van der Waals surface area contributed by atoms with Crippen molar-refractivity contribution in [3.63, 3.8) is 0 Å². The average Bonchev–Trinajstić information content (AvgIpc) is 3.56. The van der Waals surface area contributed by atoms with Crippen LogP contribution in [0.2, 0.25) is 0 Å². The molecule has 4 aromatic heterocycles. The zero-order chi connectivity index (χ0) is 32.3. The molecular weight excluding hydrogens is 599 g/mol. The molecule has 4 nitrogen and oxygen atoms in total. The van der Waals surface area contributed by atoms with Crippen LogP contribution in [0.5, 0.6) is 0 Å². The molecule has 0 fully saturated rings. The number of benzene rings is 6. The van der Waals surface area contributed by atoms with Gasteiger partial charge in [0.1, 0.15) is 11.2 Å². The molecule has 0 unspecified atom stereocenters. The van der Waals surface area contributed by atoms with E-state index >= 15 is 0 Å². The van der Waals surface area contributed by atoms with Crippen molar-refractivity contribution in [1.29, 1.82) is 0 Å². The smallest absolute Gasteiger partial charge is 0.136 e. The molecule has 0 aliphatic rings. The summed E-state index contributed by atoms with van der Waals surface area (Å²) in [5, 5.41) is 5.49. The lowest BCUT2D eigenvalue weighted by Gasteiger charge is -2.13. The van der Waals surface area contributed by atoms with Gasteiger partial charge in [-0.15, -0.1) is 0 Å². The molecular formula is C45H27N3O. The molecule has 0 aliphatic carbocycles. The Bertz CT molecular complexity index is 2890. The third-order valence-corrected chi connectivity index (χ3v) is 9.55. The summed E-state index contributed by atoms with van der Waals surface area (Å²) in [5.41, 5.74) is 13.3. The number of para-hydroxylation sites is 1. The van der Waals surface area contributed by atoms with Crippen LogP contribution < -0.4 is 0 Å². The molecule has 0 bridgehead atoms. The molecule has 4 heteroatoms. The molecule has 4 heterocycles. The highest BCUT2D eigenvalue weighted by molar-refractivity contribution is 6.13. The van der Waals surface area contributed by atoms with E-state index in [1.165, 1.54) is 11.1 Å². The van der Waals surface area contributed by atoms with Crippen molar-refractivity contribution in [1.82, 2.24) is 15.0 Å². The van der Waals surface area contributed by atoms with Crippen LogP contribution in [0.25, 0.3) is 99.2 Å². The van der Waals surface area contributed by atoms with E-state index in [4.69, 9.17) is 14.4 Å². The van der Waals surface area contributed by atoms with E-state index < -0.39 is 0 Å². The lowest BCUT2D eigenvalue weighted by Crippen LogP contribution is -1.90. The van der Waals surface area contributed by atoms with Crippen molar-refractivity contribution in [2.75, 3.05) is 0 Å². The normalized spacial score (nSPS) is 11.7. The molecule has 0 saturated carbocycles. The van der Waals surface area contributed by atoms with E-state index in [1.54, 1.807) is 0 Å². The third kappa shape index (κ3) is 4.57. The molecule has 10 rings (SSSR count). The first kappa shape index (κ1) is 27.5. The molecule has 0 N–H and O–H groups in total. The van der Waals surface area contributed by atoms with E-state index in [9.17, 15) is 0 Å². The monoisotopic (exact) mass is 625 g/mol. The van der Waals surface area contributed by atoms with E-state index in [0.29, 0.717) is 0 Å². The van der Waals surface area contributed by atoms with Gasteiger partial charge in [-0.1, -0.05) is 91.0 Å². The fourth-order valence-corrected chi connectivity index (χ4v) is 7.21. The molecule has 10 aromatic rings. The van der Waals surface area contributed by atoms with Gasteiger partial charge in [-0.25, -0.2) is 0 Å². The first-order valence-corrected chi connectivity index (χ1v) is 16.4. The van der Waals surface area contributed by atoms with Gasteiger partial charge >= 0.3 is 0 Å². The number of fused-ring (bicyclic) bond motifs is 7. The zero-order valence-electron chi connectivity index (χ0n) is 26.3. The highest BCUT2D eigenvalue weighted by atomic mass is 16.3. The fraction of sp³-hybridized carbons (Fsp3) is 0. The van der Waals surface area contributed by atoms with Crippen LogP contribution in [0.1, 0.15) is 0 Å². The molecule has 0 atom stereocenters. The Hall–Kier alpha value is -6.65. The van der Waals surface area contributed by atoms with E-state index in [-0.39, 0.29) is 0 Å². The summed E-state index contributed by atoms with van der Waals surface area (Å²) in [6.07, 6.45) is 5.66. The molecule has 0 spiro atoms.